The summed E-state index contributed by atoms with van der Waals surface area (Å²) in [7, 11) is 0. The molecule has 0 bridgehead atoms. The van der Waals surface area contributed by atoms with Crippen molar-refractivity contribution in [1.29, 1.82) is 0 Å². The van der Waals surface area contributed by atoms with Crippen molar-refractivity contribution in [3.8, 4) is 5.88 Å². The van der Waals surface area contributed by atoms with Crippen LogP contribution in [0.5, 0.6) is 5.88 Å². The van der Waals surface area contributed by atoms with Crippen LogP contribution < -0.4 is 4.74 Å². The highest BCUT2D eigenvalue weighted by Crippen LogP contribution is 2.43. The van der Waals surface area contributed by atoms with Crippen molar-refractivity contribution in [3.05, 3.63) is 88.1 Å². The zero-order chi connectivity index (χ0) is 29.4. The third kappa shape index (κ3) is 6.24. The number of aromatic nitrogens is 3. The molecule has 0 spiro atoms. The molecule has 0 amide bonds. The summed E-state index contributed by atoms with van der Waals surface area (Å²) in [4.78, 5) is 23.3. The number of nitrogens with zero attached hydrogens (tertiary/aromatic N) is 4. The van der Waals surface area contributed by atoms with Gasteiger partial charge >= 0.3 is 5.97 Å². The van der Waals surface area contributed by atoms with Gasteiger partial charge in [-0.25, -0.2) is 27.9 Å². The minimum Gasteiger partial charge on any atom is -0.478 e. The lowest BCUT2D eigenvalue weighted by Crippen LogP contribution is -2.38. The van der Waals surface area contributed by atoms with E-state index in [9.17, 15) is 23.1 Å². The highest BCUT2D eigenvalue weighted by molar-refractivity contribution is 6.30. The van der Waals surface area contributed by atoms with Gasteiger partial charge in [0.2, 0.25) is 11.8 Å². The van der Waals surface area contributed by atoms with Gasteiger partial charge in [0.05, 0.1) is 23.1 Å². The number of carboxylic acid groups (broad SMARTS) is 1. The van der Waals surface area contributed by atoms with Crippen LogP contribution in [0.15, 0.2) is 54.6 Å². The van der Waals surface area contributed by atoms with Gasteiger partial charge in [-0.15, -0.1) is 0 Å². The summed E-state index contributed by atoms with van der Waals surface area (Å²) in [6, 6.07) is 14.9. The van der Waals surface area contributed by atoms with Crippen molar-refractivity contribution in [1.82, 2.24) is 19.4 Å². The van der Waals surface area contributed by atoms with Gasteiger partial charge in [-0.2, -0.15) is 0 Å². The molecule has 2 aromatic heterocycles. The number of carboxylic acids is 1. The average molecular weight is 599 g/mol. The molecule has 42 heavy (non-hydrogen) atoms. The molecule has 1 aliphatic heterocycles. The largest absolute Gasteiger partial charge is 0.478 e. The number of carbonyl (C=O) groups is 1. The third-order valence-corrected chi connectivity index (χ3v) is 8.43. The Morgan fingerprint density at radius 3 is 2.57 bits per heavy atom. The molecule has 1 saturated carbocycles. The number of fused-ring (bicyclic) bond motifs is 1. The Morgan fingerprint density at radius 1 is 1.07 bits per heavy atom. The molecule has 2 aliphatic rings. The zero-order valence-corrected chi connectivity index (χ0v) is 23.5. The van der Waals surface area contributed by atoms with Crippen molar-refractivity contribution in [2.75, 3.05) is 13.1 Å². The first-order chi connectivity index (χ1) is 20.1. The molecular weight excluding hydrogens is 569 g/mol. The van der Waals surface area contributed by atoms with Crippen molar-refractivity contribution in [3.63, 3.8) is 0 Å². The van der Waals surface area contributed by atoms with Crippen LogP contribution in [-0.4, -0.2) is 49.5 Å². The second-order valence-electron chi connectivity index (χ2n) is 11.3. The minimum absolute atomic E-state index is 0.0470. The van der Waals surface area contributed by atoms with E-state index in [1.165, 1.54) is 12.1 Å². The second-order valence-corrected chi connectivity index (χ2v) is 11.7. The van der Waals surface area contributed by atoms with Crippen LogP contribution in [0.4, 0.5) is 13.2 Å². The first-order valence-corrected chi connectivity index (χ1v) is 14.4. The SMILES string of the molecule is O=C(O)c1ccc2nc(CN3CCC(c4cccc(OCc5ccc(Cl)cc5F)n4)CC3)n(CC3CC(F)(F)C3)c2c1. The Hall–Kier alpha value is -3.63. The van der Waals surface area contributed by atoms with Crippen LogP contribution in [0.3, 0.4) is 0 Å². The molecule has 1 N–H and O–H groups in total. The van der Waals surface area contributed by atoms with Gasteiger partial charge < -0.3 is 14.4 Å². The number of aromatic carboxylic acids is 1. The van der Waals surface area contributed by atoms with Gasteiger partial charge in [0.25, 0.3) is 0 Å². The molecule has 0 atom stereocenters. The van der Waals surface area contributed by atoms with Crippen molar-refractivity contribution < 1.29 is 27.8 Å². The van der Waals surface area contributed by atoms with Crippen LogP contribution in [0, 0.1) is 11.7 Å². The van der Waals surface area contributed by atoms with Crippen LogP contribution >= 0.6 is 11.6 Å². The van der Waals surface area contributed by atoms with Crippen molar-refractivity contribution in [2.45, 2.75) is 57.2 Å². The quantitative estimate of drug-likeness (QED) is 0.225. The fourth-order valence-electron chi connectivity index (χ4n) is 5.92. The van der Waals surface area contributed by atoms with E-state index in [4.69, 9.17) is 21.3 Å². The maximum absolute atomic E-state index is 14.1. The van der Waals surface area contributed by atoms with E-state index < -0.39 is 17.7 Å². The molecule has 11 heteroatoms. The summed E-state index contributed by atoms with van der Waals surface area (Å²) in [5.41, 5.74) is 2.79. The van der Waals surface area contributed by atoms with Gasteiger partial charge in [-0.05, 0) is 68.2 Å². The van der Waals surface area contributed by atoms with E-state index in [0.717, 1.165) is 37.4 Å². The van der Waals surface area contributed by atoms with E-state index in [-0.39, 0.29) is 36.8 Å². The maximum Gasteiger partial charge on any atom is 0.335 e. The first kappa shape index (κ1) is 28.5. The van der Waals surface area contributed by atoms with Crippen LogP contribution in [0.1, 0.15) is 59.0 Å². The second kappa shape index (κ2) is 11.6. The van der Waals surface area contributed by atoms with Gasteiger partial charge in [0, 0.05) is 47.7 Å². The molecule has 220 valence electrons. The third-order valence-electron chi connectivity index (χ3n) is 8.20. The van der Waals surface area contributed by atoms with E-state index in [1.807, 2.05) is 16.7 Å². The van der Waals surface area contributed by atoms with Crippen molar-refractivity contribution >= 4 is 28.6 Å². The van der Waals surface area contributed by atoms with Gasteiger partial charge in [-0.3, -0.25) is 4.90 Å². The number of pyridine rings is 1. The Bertz CT molecular complexity index is 1610. The van der Waals surface area contributed by atoms with E-state index in [1.54, 1.807) is 30.3 Å². The fourth-order valence-corrected chi connectivity index (χ4v) is 6.08. The molecule has 2 fully saturated rings. The lowest BCUT2D eigenvalue weighted by atomic mass is 9.81. The zero-order valence-electron chi connectivity index (χ0n) is 22.8. The molecule has 6 rings (SSSR count). The van der Waals surface area contributed by atoms with Crippen LogP contribution in [0.25, 0.3) is 11.0 Å². The molecule has 0 unspecified atom stereocenters. The number of hydrogen-bond donors (Lipinski definition) is 1. The number of imidazole rings is 1. The number of alkyl halides is 2. The highest BCUT2D eigenvalue weighted by Gasteiger charge is 2.45. The lowest BCUT2D eigenvalue weighted by molar-refractivity contribution is -0.114. The van der Waals surface area contributed by atoms with Crippen LogP contribution in [-0.2, 0) is 19.7 Å². The summed E-state index contributed by atoms with van der Waals surface area (Å²) in [5, 5.41) is 9.81. The maximum atomic E-state index is 14.1. The van der Waals surface area contributed by atoms with E-state index >= 15 is 0 Å². The number of likely N-dealkylation sites (tertiary alicyclic amines) is 1. The summed E-state index contributed by atoms with van der Waals surface area (Å²) in [5.74, 6) is -2.85. The molecule has 1 aliphatic carbocycles. The topological polar surface area (TPSA) is 80.5 Å². The van der Waals surface area contributed by atoms with E-state index in [0.29, 0.717) is 40.6 Å². The molecule has 4 aromatic rings. The minimum atomic E-state index is -2.63. The normalized spacial score (nSPS) is 17.8. The summed E-state index contributed by atoms with van der Waals surface area (Å²) < 4.78 is 49.0. The first-order valence-electron chi connectivity index (χ1n) is 14.0. The average Bonchev–Trinajstić information content (AvgIpc) is 3.28. The Labute approximate surface area is 245 Å². The Balaban J connectivity index is 1.11. The number of piperidine rings is 1. The van der Waals surface area contributed by atoms with Crippen LogP contribution in [0.2, 0.25) is 5.02 Å². The molecule has 7 nitrogen and oxygen atoms in total. The Kier molecular flexibility index (Phi) is 7.85. The standard InChI is InChI=1S/C31H30ClF3N4O3/c32-23-6-4-22(24(33)13-23)18-42-29-3-1-2-25(37-29)20-8-10-38(11-9-20)17-28-36-26-7-5-21(30(40)41)12-27(26)39(28)16-19-14-31(34,35)15-19/h1-7,12-13,19-20H,8-11,14-18H2,(H,40,41). The van der Waals surface area contributed by atoms with Gasteiger partial charge in [-0.1, -0.05) is 23.7 Å². The molecule has 3 heterocycles. The molecule has 2 aromatic carbocycles. The number of halogens is 4. The summed E-state index contributed by atoms with van der Waals surface area (Å²) >= 11 is 5.83. The monoisotopic (exact) mass is 598 g/mol. The predicted molar refractivity (Wildman–Crippen MR) is 152 cm³/mol. The molecule has 0 radical (unpaired) electrons. The predicted octanol–water partition coefficient (Wildman–Crippen LogP) is 6.93. The summed E-state index contributed by atoms with van der Waals surface area (Å²) in [6.07, 6.45) is 1.39. The number of ether oxygens (including phenoxy) is 1. The number of hydrogen-bond acceptors (Lipinski definition) is 5. The van der Waals surface area contributed by atoms with E-state index in [2.05, 4.69) is 9.88 Å². The van der Waals surface area contributed by atoms with Crippen molar-refractivity contribution in [2.24, 2.45) is 5.92 Å². The Morgan fingerprint density at radius 2 is 1.86 bits per heavy atom. The summed E-state index contributed by atoms with van der Waals surface area (Å²) in [6.45, 7) is 2.55. The fraction of sp³-hybridized carbons (Fsp3) is 0.387. The number of benzene rings is 2. The lowest BCUT2D eigenvalue weighted by Gasteiger charge is -2.36. The van der Waals surface area contributed by atoms with Gasteiger partial charge in [0.15, 0.2) is 0 Å². The molecule has 1 saturated heterocycles. The number of rotatable bonds is 9. The van der Waals surface area contributed by atoms with Gasteiger partial charge in [0.1, 0.15) is 18.2 Å². The highest BCUT2D eigenvalue weighted by atomic mass is 35.5. The molecular formula is C31H30ClF3N4O3. The smallest absolute Gasteiger partial charge is 0.335 e.